The summed E-state index contributed by atoms with van der Waals surface area (Å²) in [5.74, 6) is 0.797. The molecule has 0 atom stereocenters. The second-order valence-electron chi connectivity index (χ2n) is 3.45. The summed E-state index contributed by atoms with van der Waals surface area (Å²) < 4.78 is 0. The molecule has 1 aliphatic rings. The van der Waals surface area contributed by atoms with Crippen LogP contribution < -0.4 is 0 Å². The molecule has 0 bridgehead atoms. The summed E-state index contributed by atoms with van der Waals surface area (Å²) in [5.41, 5.74) is 1.47. The summed E-state index contributed by atoms with van der Waals surface area (Å²) in [6.45, 7) is 0. The van der Waals surface area contributed by atoms with E-state index >= 15 is 0 Å². The van der Waals surface area contributed by atoms with Gasteiger partial charge in [0.25, 0.3) is 0 Å². The minimum atomic E-state index is 0.327. The summed E-state index contributed by atoms with van der Waals surface area (Å²) in [4.78, 5) is 14.6. The van der Waals surface area contributed by atoms with Crippen LogP contribution in [0.1, 0.15) is 28.9 Å². The van der Waals surface area contributed by atoms with Crippen molar-refractivity contribution in [2.24, 2.45) is 5.92 Å². The van der Waals surface area contributed by atoms with Crippen molar-refractivity contribution in [3.8, 4) is 0 Å². The first-order chi connectivity index (χ1) is 6.29. The van der Waals surface area contributed by atoms with Crippen LogP contribution >= 0.6 is 11.6 Å². The molecular formula is C10H10ClNO. The molecule has 3 heteroatoms. The van der Waals surface area contributed by atoms with Gasteiger partial charge in [0, 0.05) is 5.69 Å². The fraction of sp³-hybridized carbons (Fsp3) is 0.400. The van der Waals surface area contributed by atoms with Crippen LogP contribution in [0.25, 0.3) is 0 Å². The maximum absolute atomic E-state index is 10.4. The minimum absolute atomic E-state index is 0.327. The lowest BCUT2D eigenvalue weighted by molar-refractivity contribution is 0.112. The molecule has 13 heavy (non-hydrogen) atoms. The normalized spacial score (nSPS) is 15.8. The molecule has 1 fully saturated rings. The number of nitrogens with zero attached hydrogens (tertiary/aromatic N) is 1. The molecule has 0 unspecified atom stereocenters. The Labute approximate surface area is 81.9 Å². The molecule has 0 saturated heterocycles. The van der Waals surface area contributed by atoms with Crippen LogP contribution in [0.4, 0.5) is 0 Å². The van der Waals surface area contributed by atoms with Gasteiger partial charge in [-0.05, 0) is 37.3 Å². The Morgan fingerprint density at radius 1 is 1.54 bits per heavy atom. The van der Waals surface area contributed by atoms with E-state index in [0.717, 1.165) is 24.3 Å². The highest BCUT2D eigenvalue weighted by molar-refractivity contribution is 6.31. The van der Waals surface area contributed by atoms with Crippen molar-refractivity contribution < 1.29 is 4.79 Å². The number of pyridine rings is 1. The molecule has 1 aromatic heterocycles. The zero-order valence-corrected chi connectivity index (χ0v) is 7.92. The van der Waals surface area contributed by atoms with Crippen molar-refractivity contribution in [2.45, 2.75) is 19.3 Å². The van der Waals surface area contributed by atoms with Gasteiger partial charge in [0.2, 0.25) is 0 Å². The largest absolute Gasteiger partial charge is 0.298 e. The van der Waals surface area contributed by atoms with Crippen LogP contribution in [0.5, 0.6) is 0 Å². The smallest absolute Gasteiger partial charge is 0.153 e. The molecule has 2 rings (SSSR count). The molecule has 1 aliphatic carbocycles. The Morgan fingerprint density at radius 2 is 2.31 bits per heavy atom. The van der Waals surface area contributed by atoms with Crippen LogP contribution in [-0.4, -0.2) is 11.3 Å². The molecule has 1 heterocycles. The Balaban J connectivity index is 2.18. The molecule has 0 aliphatic heterocycles. The van der Waals surface area contributed by atoms with E-state index in [0.29, 0.717) is 10.7 Å². The van der Waals surface area contributed by atoms with Crippen molar-refractivity contribution in [2.75, 3.05) is 0 Å². The number of hydrogen-bond acceptors (Lipinski definition) is 2. The van der Waals surface area contributed by atoms with Crippen molar-refractivity contribution >= 4 is 17.9 Å². The van der Waals surface area contributed by atoms with Crippen molar-refractivity contribution in [3.05, 3.63) is 28.5 Å². The lowest BCUT2D eigenvalue weighted by Crippen LogP contribution is -1.94. The maximum Gasteiger partial charge on any atom is 0.153 e. The molecule has 2 nitrogen and oxygen atoms in total. The van der Waals surface area contributed by atoms with E-state index in [1.807, 2.05) is 6.07 Å². The summed E-state index contributed by atoms with van der Waals surface area (Å²) in [7, 11) is 0. The van der Waals surface area contributed by atoms with Gasteiger partial charge >= 0.3 is 0 Å². The van der Waals surface area contributed by atoms with Crippen LogP contribution in [0, 0.1) is 5.92 Å². The third-order valence-corrected chi connectivity index (χ3v) is 2.56. The van der Waals surface area contributed by atoms with Crippen LogP contribution in [0.15, 0.2) is 12.1 Å². The van der Waals surface area contributed by atoms with Gasteiger partial charge in [-0.3, -0.25) is 4.79 Å². The Hall–Kier alpha value is -0.890. The molecule has 0 aromatic carbocycles. The lowest BCUT2D eigenvalue weighted by Gasteiger charge is -2.00. The van der Waals surface area contributed by atoms with Crippen LogP contribution in [-0.2, 0) is 6.42 Å². The average Bonchev–Trinajstić information content (AvgIpc) is 2.89. The van der Waals surface area contributed by atoms with Gasteiger partial charge in [-0.15, -0.1) is 0 Å². The number of rotatable bonds is 3. The molecule has 68 valence electrons. The fourth-order valence-electron chi connectivity index (χ4n) is 1.30. The van der Waals surface area contributed by atoms with Crippen molar-refractivity contribution in [1.29, 1.82) is 0 Å². The Bertz CT molecular complexity index is 334. The molecular weight excluding hydrogens is 186 g/mol. The standard InChI is InChI=1S/C10H10ClNO/c11-10-8(6-13)3-4-9(12-10)5-7-1-2-7/h3-4,6-7H,1-2,5H2. The van der Waals surface area contributed by atoms with E-state index in [2.05, 4.69) is 4.98 Å². The van der Waals surface area contributed by atoms with Crippen molar-refractivity contribution in [3.63, 3.8) is 0 Å². The van der Waals surface area contributed by atoms with E-state index in [-0.39, 0.29) is 0 Å². The molecule has 0 spiro atoms. The Kier molecular flexibility index (Phi) is 2.32. The fourth-order valence-corrected chi connectivity index (χ4v) is 1.52. The highest BCUT2D eigenvalue weighted by Crippen LogP contribution is 2.32. The highest BCUT2D eigenvalue weighted by Gasteiger charge is 2.22. The predicted octanol–water partition coefficient (Wildman–Crippen LogP) is 2.50. The first-order valence-electron chi connectivity index (χ1n) is 4.40. The number of aromatic nitrogens is 1. The third-order valence-electron chi connectivity index (χ3n) is 2.26. The first-order valence-corrected chi connectivity index (χ1v) is 4.78. The quantitative estimate of drug-likeness (QED) is 0.548. The minimum Gasteiger partial charge on any atom is -0.298 e. The summed E-state index contributed by atoms with van der Waals surface area (Å²) >= 11 is 5.79. The van der Waals surface area contributed by atoms with E-state index in [4.69, 9.17) is 11.6 Å². The second-order valence-corrected chi connectivity index (χ2v) is 3.81. The van der Waals surface area contributed by atoms with Crippen molar-refractivity contribution in [1.82, 2.24) is 4.98 Å². The predicted molar refractivity (Wildman–Crippen MR) is 51.1 cm³/mol. The molecule has 0 amide bonds. The van der Waals surface area contributed by atoms with Gasteiger partial charge in [-0.1, -0.05) is 11.6 Å². The highest BCUT2D eigenvalue weighted by atomic mass is 35.5. The lowest BCUT2D eigenvalue weighted by atomic mass is 10.2. The zero-order chi connectivity index (χ0) is 9.26. The van der Waals surface area contributed by atoms with Gasteiger partial charge in [0.15, 0.2) is 6.29 Å². The van der Waals surface area contributed by atoms with Gasteiger partial charge in [0.1, 0.15) is 5.15 Å². The van der Waals surface area contributed by atoms with Gasteiger partial charge < -0.3 is 0 Å². The molecule has 0 radical (unpaired) electrons. The molecule has 1 aromatic rings. The topological polar surface area (TPSA) is 30.0 Å². The zero-order valence-electron chi connectivity index (χ0n) is 7.16. The third kappa shape index (κ3) is 2.07. The van der Waals surface area contributed by atoms with Crippen LogP contribution in [0.2, 0.25) is 5.15 Å². The van der Waals surface area contributed by atoms with Gasteiger partial charge in [0.05, 0.1) is 5.56 Å². The average molecular weight is 196 g/mol. The van der Waals surface area contributed by atoms with Gasteiger partial charge in [-0.25, -0.2) is 4.98 Å². The summed E-state index contributed by atoms with van der Waals surface area (Å²) in [6, 6.07) is 3.62. The number of carbonyl (C=O) groups excluding carboxylic acids is 1. The number of carbonyl (C=O) groups is 1. The second kappa shape index (κ2) is 3.46. The maximum atomic E-state index is 10.4. The van der Waals surface area contributed by atoms with E-state index < -0.39 is 0 Å². The van der Waals surface area contributed by atoms with E-state index in [1.165, 1.54) is 12.8 Å². The monoisotopic (exact) mass is 195 g/mol. The number of hydrogen-bond donors (Lipinski definition) is 0. The summed E-state index contributed by atoms with van der Waals surface area (Å²) in [6.07, 6.45) is 4.33. The number of aldehydes is 1. The SMILES string of the molecule is O=Cc1ccc(CC2CC2)nc1Cl. The Morgan fingerprint density at radius 3 is 2.85 bits per heavy atom. The number of halogens is 1. The van der Waals surface area contributed by atoms with E-state index in [1.54, 1.807) is 6.07 Å². The van der Waals surface area contributed by atoms with E-state index in [9.17, 15) is 4.79 Å². The summed E-state index contributed by atoms with van der Waals surface area (Å²) in [5, 5.41) is 0.327. The van der Waals surface area contributed by atoms with Gasteiger partial charge in [-0.2, -0.15) is 0 Å². The van der Waals surface area contributed by atoms with Crippen LogP contribution in [0.3, 0.4) is 0 Å². The molecule has 0 N–H and O–H groups in total. The molecule has 1 saturated carbocycles. The first kappa shape index (κ1) is 8.70.